The molecule has 0 saturated carbocycles. The van der Waals surface area contributed by atoms with E-state index < -0.39 is 17.7 Å². The van der Waals surface area contributed by atoms with E-state index in [9.17, 15) is 13.6 Å². The van der Waals surface area contributed by atoms with Gasteiger partial charge in [-0.2, -0.15) is 0 Å². The Morgan fingerprint density at radius 2 is 1.95 bits per heavy atom. The zero-order chi connectivity index (χ0) is 14.7. The summed E-state index contributed by atoms with van der Waals surface area (Å²) in [5.41, 5.74) is 0.0359. The molecule has 0 radical (unpaired) electrons. The summed E-state index contributed by atoms with van der Waals surface area (Å²) in [6.45, 7) is 4.92. The summed E-state index contributed by atoms with van der Waals surface area (Å²) in [7, 11) is 0. The van der Waals surface area contributed by atoms with Gasteiger partial charge in [0.05, 0.1) is 0 Å². The maximum absolute atomic E-state index is 13.4. The van der Waals surface area contributed by atoms with Gasteiger partial charge >= 0.3 is 6.09 Å². The molecule has 1 aliphatic heterocycles. The molecule has 1 amide bonds. The summed E-state index contributed by atoms with van der Waals surface area (Å²) in [6.07, 6.45) is -0.504. The van der Waals surface area contributed by atoms with Gasteiger partial charge in [0, 0.05) is 30.7 Å². The van der Waals surface area contributed by atoms with Gasteiger partial charge in [-0.25, -0.2) is 13.6 Å². The van der Waals surface area contributed by atoms with Crippen LogP contribution in [0.2, 0.25) is 0 Å². The van der Waals surface area contributed by atoms with Crippen molar-refractivity contribution in [3.05, 3.63) is 35.4 Å². The normalized spacial score (nSPS) is 21.6. The Balaban J connectivity index is 0.00000220. The van der Waals surface area contributed by atoms with Gasteiger partial charge in [-0.1, -0.05) is 0 Å². The number of carbonyl (C=O) groups is 1. The summed E-state index contributed by atoms with van der Waals surface area (Å²) in [6, 6.07) is 3.09. The van der Waals surface area contributed by atoms with Crippen molar-refractivity contribution >= 4 is 18.5 Å². The number of piperazine rings is 1. The molecule has 0 spiro atoms. The Bertz CT molecular complexity index is 492. The van der Waals surface area contributed by atoms with Crippen molar-refractivity contribution in [2.75, 3.05) is 13.1 Å². The lowest BCUT2D eigenvalue weighted by Crippen LogP contribution is -2.57. The number of ether oxygens (including phenoxy) is 1. The van der Waals surface area contributed by atoms with E-state index in [-0.39, 0.29) is 36.7 Å². The van der Waals surface area contributed by atoms with E-state index in [1.165, 1.54) is 0 Å². The van der Waals surface area contributed by atoms with Crippen LogP contribution in [0, 0.1) is 11.6 Å². The van der Waals surface area contributed by atoms with Crippen molar-refractivity contribution in [2.45, 2.75) is 32.5 Å². The zero-order valence-corrected chi connectivity index (χ0v) is 12.8. The lowest BCUT2D eigenvalue weighted by molar-refractivity contribution is 0.0557. The standard InChI is InChI=1S/C14H18F2N2O2.ClH/c1-9-6-17-7-10(2)18(9)14(19)20-8-11-5-12(15)3-4-13(11)16;/h3-5,9-10,17H,6-8H2,1-2H3;1H/t9-,10+;. The molecule has 0 aliphatic carbocycles. The van der Waals surface area contributed by atoms with Gasteiger partial charge < -0.3 is 15.0 Å². The van der Waals surface area contributed by atoms with Crippen LogP contribution in [0.3, 0.4) is 0 Å². The molecule has 7 heteroatoms. The van der Waals surface area contributed by atoms with Crippen molar-refractivity contribution in [1.82, 2.24) is 10.2 Å². The van der Waals surface area contributed by atoms with Crippen LogP contribution in [-0.4, -0.2) is 36.2 Å². The van der Waals surface area contributed by atoms with E-state index in [2.05, 4.69) is 5.32 Å². The molecule has 1 heterocycles. The van der Waals surface area contributed by atoms with Gasteiger partial charge in [-0.05, 0) is 32.0 Å². The highest BCUT2D eigenvalue weighted by Gasteiger charge is 2.30. The van der Waals surface area contributed by atoms with Crippen molar-refractivity contribution in [1.29, 1.82) is 0 Å². The smallest absolute Gasteiger partial charge is 0.410 e. The first kappa shape index (κ1) is 17.7. The molecule has 2 rings (SSSR count). The Labute approximate surface area is 128 Å². The molecule has 1 saturated heterocycles. The number of hydrogen-bond donors (Lipinski definition) is 1. The first-order valence-electron chi connectivity index (χ1n) is 6.58. The predicted molar refractivity (Wildman–Crippen MR) is 77.4 cm³/mol. The fourth-order valence-corrected chi connectivity index (χ4v) is 2.36. The lowest BCUT2D eigenvalue weighted by Gasteiger charge is -2.38. The molecule has 118 valence electrons. The quantitative estimate of drug-likeness (QED) is 0.911. The Morgan fingerprint density at radius 1 is 1.33 bits per heavy atom. The molecule has 1 aliphatic rings. The van der Waals surface area contributed by atoms with Crippen LogP contribution in [0.15, 0.2) is 18.2 Å². The van der Waals surface area contributed by atoms with Gasteiger partial charge in [0.25, 0.3) is 0 Å². The predicted octanol–water partition coefficient (Wildman–Crippen LogP) is 2.71. The third-order valence-corrected chi connectivity index (χ3v) is 3.40. The Kier molecular flexibility index (Phi) is 6.36. The number of nitrogens with zero attached hydrogens (tertiary/aromatic N) is 1. The monoisotopic (exact) mass is 320 g/mol. The molecule has 0 unspecified atom stereocenters. The molecule has 1 fully saturated rings. The average Bonchev–Trinajstić information content (AvgIpc) is 2.39. The molecular formula is C14H19ClF2N2O2. The van der Waals surface area contributed by atoms with Crippen LogP contribution in [0.1, 0.15) is 19.4 Å². The minimum absolute atomic E-state index is 0. The Hall–Kier alpha value is -1.40. The van der Waals surface area contributed by atoms with Crippen molar-refractivity contribution in [3.8, 4) is 0 Å². The van der Waals surface area contributed by atoms with E-state index in [0.29, 0.717) is 13.1 Å². The number of amides is 1. The molecule has 0 bridgehead atoms. The maximum atomic E-state index is 13.4. The summed E-state index contributed by atoms with van der Waals surface area (Å²) in [5.74, 6) is -1.14. The number of benzene rings is 1. The zero-order valence-electron chi connectivity index (χ0n) is 11.9. The second kappa shape index (κ2) is 7.56. The summed E-state index contributed by atoms with van der Waals surface area (Å²) >= 11 is 0. The summed E-state index contributed by atoms with van der Waals surface area (Å²) in [4.78, 5) is 13.7. The lowest BCUT2D eigenvalue weighted by atomic mass is 10.1. The average molecular weight is 321 g/mol. The number of rotatable bonds is 2. The van der Waals surface area contributed by atoms with E-state index in [0.717, 1.165) is 18.2 Å². The Morgan fingerprint density at radius 3 is 2.57 bits per heavy atom. The fraction of sp³-hybridized carbons (Fsp3) is 0.500. The minimum Gasteiger partial charge on any atom is -0.444 e. The first-order valence-corrected chi connectivity index (χ1v) is 6.58. The van der Waals surface area contributed by atoms with E-state index in [4.69, 9.17) is 4.74 Å². The molecule has 4 nitrogen and oxygen atoms in total. The summed E-state index contributed by atoms with van der Waals surface area (Å²) < 4.78 is 31.6. The molecule has 2 atom stereocenters. The molecule has 1 aromatic carbocycles. The van der Waals surface area contributed by atoms with Gasteiger partial charge in [-0.15, -0.1) is 12.4 Å². The SMILES string of the molecule is C[C@@H]1CNC[C@H](C)N1C(=O)OCc1cc(F)ccc1F.Cl. The van der Waals surface area contributed by atoms with Gasteiger partial charge in [0.2, 0.25) is 0 Å². The van der Waals surface area contributed by atoms with E-state index in [1.807, 2.05) is 13.8 Å². The maximum Gasteiger partial charge on any atom is 0.410 e. The highest BCUT2D eigenvalue weighted by molar-refractivity contribution is 5.85. The van der Waals surface area contributed by atoms with Crippen molar-refractivity contribution < 1.29 is 18.3 Å². The third-order valence-electron chi connectivity index (χ3n) is 3.40. The van der Waals surface area contributed by atoms with Crippen LogP contribution in [0.5, 0.6) is 0 Å². The minimum atomic E-state index is -0.583. The van der Waals surface area contributed by atoms with Crippen LogP contribution in [0.4, 0.5) is 13.6 Å². The number of carbonyl (C=O) groups excluding carboxylic acids is 1. The molecular weight excluding hydrogens is 302 g/mol. The van der Waals surface area contributed by atoms with Crippen LogP contribution in [-0.2, 0) is 11.3 Å². The second-order valence-electron chi connectivity index (χ2n) is 5.05. The van der Waals surface area contributed by atoms with Gasteiger partial charge in [0.1, 0.15) is 18.2 Å². The molecule has 21 heavy (non-hydrogen) atoms. The second-order valence-corrected chi connectivity index (χ2v) is 5.05. The number of halogens is 3. The van der Waals surface area contributed by atoms with Crippen LogP contribution >= 0.6 is 12.4 Å². The first-order chi connectivity index (χ1) is 9.49. The fourth-order valence-electron chi connectivity index (χ4n) is 2.36. The number of hydrogen-bond acceptors (Lipinski definition) is 3. The third kappa shape index (κ3) is 4.28. The van der Waals surface area contributed by atoms with E-state index >= 15 is 0 Å². The highest BCUT2D eigenvalue weighted by atomic mass is 35.5. The summed E-state index contributed by atoms with van der Waals surface area (Å²) in [5, 5.41) is 3.20. The molecule has 1 N–H and O–H groups in total. The molecule has 1 aromatic rings. The molecule has 0 aromatic heterocycles. The topological polar surface area (TPSA) is 41.6 Å². The van der Waals surface area contributed by atoms with Gasteiger partial charge in [0.15, 0.2) is 0 Å². The highest BCUT2D eigenvalue weighted by Crippen LogP contribution is 2.15. The van der Waals surface area contributed by atoms with Crippen LogP contribution in [0.25, 0.3) is 0 Å². The van der Waals surface area contributed by atoms with E-state index in [1.54, 1.807) is 4.90 Å². The number of nitrogens with one attached hydrogen (secondary N) is 1. The largest absolute Gasteiger partial charge is 0.444 e. The van der Waals surface area contributed by atoms with Crippen molar-refractivity contribution in [3.63, 3.8) is 0 Å². The van der Waals surface area contributed by atoms with Gasteiger partial charge in [-0.3, -0.25) is 0 Å². The van der Waals surface area contributed by atoms with Crippen molar-refractivity contribution in [2.24, 2.45) is 0 Å². The van der Waals surface area contributed by atoms with Crippen LogP contribution < -0.4 is 5.32 Å².